The lowest BCUT2D eigenvalue weighted by atomic mass is 10.2. The molecule has 1 rings (SSSR count). The fraction of sp³-hybridized carbons (Fsp3) is 0.667. The topological polar surface area (TPSA) is 57.4 Å². The Hall–Kier alpha value is -1.49. The van der Waals surface area contributed by atoms with Crippen LogP contribution in [0.5, 0.6) is 0 Å². The first kappa shape index (κ1) is 16.6. The first-order valence-electron chi connectivity index (χ1n) is 7.22. The Balaban J connectivity index is 2.19. The van der Waals surface area contributed by atoms with Crippen molar-refractivity contribution in [2.75, 3.05) is 19.6 Å². The van der Waals surface area contributed by atoms with Gasteiger partial charge in [-0.3, -0.25) is 0 Å². The summed E-state index contributed by atoms with van der Waals surface area (Å²) in [5.74, 6) is 0. The molecule has 2 N–H and O–H groups in total. The summed E-state index contributed by atoms with van der Waals surface area (Å²) < 4.78 is 5.37. The number of carbonyl (C=O) groups excluding carboxylic acids is 1. The second-order valence-corrected chi connectivity index (χ2v) is 5.81. The molecule has 1 heterocycles. The molecule has 1 aromatic rings. The SMILES string of the molecule is CCN(CCCNCc1cc[nH]c1)C(=O)OC(C)(C)C. The van der Waals surface area contributed by atoms with Crippen molar-refractivity contribution in [2.24, 2.45) is 0 Å². The first-order chi connectivity index (χ1) is 9.42. The van der Waals surface area contributed by atoms with E-state index in [2.05, 4.69) is 10.3 Å². The van der Waals surface area contributed by atoms with E-state index in [1.54, 1.807) is 4.90 Å². The molecule has 0 bridgehead atoms. The molecule has 0 saturated carbocycles. The van der Waals surface area contributed by atoms with E-state index in [1.807, 2.05) is 46.2 Å². The molecule has 0 atom stereocenters. The molecule has 0 unspecified atom stereocenters. The highest BCUT2D eigenvalue weighted by Crippen LogP contribution is 2.10. The standard InChI is InChI=1S/C15H27N3O2/c1-5-18(14(19)20-15(2,3)4)10-6-8-16-11-13-7-9-17-12-13/h7,9,12,16-17H,5-6,8,10-11H2,1-4H3. The third-order valence-electron chi connectivity index (χ3n) is 2.81. The lowest BCUT2D eigenvalue weighted by molar-refractivity contribution is 0.0258. The lowest BCUT2D eigenvalue weighted by Crippen LogP contribution is -2.38. The van der Waals surface area contributed by atoms with Crippen molar-refractivity contribution < 1.29 is 9.53 Å². The number of nitrogens with zero attached hydrogens (tertiary/aromatic N) is 1. The van der Waals surface area contributed by atoms with Crippen LogP contribution in [-0.2, 0) is 11.3 Å². The molecule has 20 heavy (non-hydrogen) atoms. The van der Waals surface area contributed by atoms with Crippen molar-refractivity contribution in [2.45, 2.75) is 46.3 Å². The van der Waals surface area contributed by atoms with E-state index in [0.717, 1.165) is 19.5 Å². The summed E-state index contributed by atoms with van der Waals surface area (Å²) in [5.41, 5.74) is 0.807. The minimum absolute atomic E-state index is 0.231. The smallest absolute Gasteiger partial charge is 0.410 e. The van der Waals surface area contributed by atoms with E-state index in [9.17, 15) is 4.79 Å². The van der Waals surface area contributed by atoms with E-state index >= 15 is 0 Å². The predicted octanol–water partition coefficient (Wildman–Crippen LogP) is 2.75. The molecule has 0 radical (unpaired) electrons. The van der Waals surface area contributed by atoms with Crippen LogP contribution in [0.1, 0.15) is 39.7 Å². The monoisotopic (exact) mass is 281 g/mol. The molecule has 114 valence electrons. The van der Waals surface area contributed by atoms with Crippen LogP contribution in [0, 0.1) is 0 Å². The minimum Gasteiger partial charge on any atom is -0.444 e. The minimum atomic E-state index is -0.433. The van der Waals surface area contributed by atoms with E-state index in [0.29, 0.717) is 13.1 Å². The highest BCUT2D eigenvalue weighted by atomic mass is 16.6. The van der Waals surface area contributed by atoms with E-state index in [-0.39, 0.29) is 6.09 Å². The van der Waals surface area contributed by atoms with Gasteiger partial charge in [-0.05, 0) is 52.3 Å². The van der Waals surface area contributed by atoms with Gasteiger partial charge in [-0.2, -0.15) is 0 Å². The number of aromatic nitrogens is 1. The Bertz CT molecular complexity index is 382. The van der Waals surface area contributed by atoms with Crippen molar-refractivity contribution in [3.63, 3.8) is 0 Å². The number of H-pyrrole nitrogens is 1. The summed E-state index contributed by atoms with van der Waals surface area (Å²) in [7, 11) is 0. The predicted molar refractivity (Wildman–Crippen MR) is 80.6 cm³/mol. The number of ether oxygens (including phenoxy) is 1. The zero-order valence-corrected chi connectivity index (χ0v) is 13.0. The van der Waals surface area contributed by atoms with Crippen LogP contribution in [-0.4, -0.2) is 41.2 Å². The van der Waals surface area contributed by atoms with Gasteiger partial charge in [0.25, 0.3) is 0 Å². The van der Waals surface area contributed by atoms with Gasteiger partial charge < -0.3 is 19.9 Å². The summed E-state index contributed by atoms with van der Waals surface area (Å²) in [4.78, 5) is 16.7. The number of carbonyl (C=O) groups is 1. The maximum atomic E-state index is 11.9. The Morgan fingerprint density at radius 2 is 2.20 bits per heavy atom. The van der Waals surface area contributed by atoms with E-state index in [1.165, 1.54) is 5.56 Å². The summed E-state index contributed by atoms with van der Waals surface area (Å²) in [6, 6.07) is 2.05. The van der Waals surface area contributed by atoms with Gasteiger partial charge in [0.05, 0.1) is 0 Å². The van der Waals surface area contributed by atoms with Gasteiger partial charge >= 0.3 is 6.09 Å². The first-order valence-corrected chi connectivity index (χ1v) is 7.22. The Labute approximate surface area is 121 Å². The quantitative estimate of drug-likeness (QED) is 0.756. The van der Waals surface area contributed by atoms with Crippen LogP contribution in [0.25, 0.3) is 0 Å². The molecule has 0 spiro atoms. The molecule has 0 aliphatic carbocycles. The molecule has 0 aliphatic heterocycles. The van der Waals surface area contributed by atoms with Crippen LogP contribution in [0.3, 0.4) is 0 Å². The average Bonchev–Trinajstić information content (AvgIpc) is 2.84. The maximum Gasteiger partial charge on any atom is 0.410 e. The number of hydrogen-bond donors (Lipinski definition) is 2. The lowest BCUT2D eigenvalue weighted by Gasteiger charge is -2.26. The number of nitrogens with one attached hydrogen (secondary N) is 2. The second-order valence-electron chi connectivity index (χ2n) is 5.81. The van der Waals surface area contributed by atoms with Crippen molar-refractivity contribution >= 4 is 6.09 Å². The number of rotatable bonds is 7. The van der Waals surface area contributed by atoms with Gasteiger partial charge in [-0.15, -0.1) is 0 Å². The van der Waals surface area contributed by atoms with Crippen molar-refractivity contribution in [1.29, 1.82) is 0 Å². The molecule has 0 saturated heterocycles. The van der Waals surface area contributed by atoms with Gasteiger partial charge in [0.15, 0.2) is 0 Å². The Kier molecular flexibility index (Phi) is 6.58. The largest absolute Gasteiger partial charge is 0.444 e. The third-order valence-corrected chi connectivity index (χ3v) is 2.81. The van der Waals surface area contributed by atoms with Crippen LogP contribution >= 0.6 is 0 Å². The number of hydrogen-bond acceptors (Lipinski definition) is 3. The van der Waals surface area contributed by atoms with Gasteiger partial charge in [-0.25, -0.2) is 4.79 Å². The Morgan fingerprint density at radius 1 is 1.45 bits per heavy atom. The summed E-state index contributed by atoms with van der Waals surface area (Å²) in [6.07, 6.45) is 4.58. The molecule has 1 aromatic heterocycles. The van der Waals surface area contributed by atoms with Gasteiger partial charge in [0.2, 0.25) is 0 Å². The third kappa shape index (κ3) is 6.61. The highest BCUT2D eigenvalue weighted by Gasteiger charge is 2.20. The van der Waals surface area contributed by atoms with Crippen molar-refractivity contribution in [1.82, 2.24) is 15.2 Å². The molecule has 5 heteroatoms. The van der Waals surface area contributed by atoms with Crippen LogP contribution in [0.2, 0.25) is 0 Å². The molecule has 0 fully saturated rings. The van der Waals surface area contributed by atoms with E-state index < -0.39 is 5.60 Å². The molecule has 0 aromatic carbocycles. The number of amides is 1. The normalized spacial score (nSPS) is 11.4. The van der Waals surface area contributed by atoms with Crippen LogP contribution in [0.15, 0.2) is 18.5 Å². The number of aromatic amines is 1. The molecule has 1 amide bonds. The van der Waals surface area contributed by atoms with Crippen molar-refractivity contribution in [3.8, 4) is 0 Å². The summed E-state index contributed by atoms with van der Waals surface area (Å²) >= 11 is 0. The van der Waals surface area contributed by atoms with Crippen molar-refractivity contribution in [3.05, 3.63) is 24.0 Å². The summed E-state index contributed by atoms with van der Waals surface area (Å²) in [6.45, 7) is 10.7. The van der Waals surface area contributed by atoms with E-state index in [4.69, 9.17) is 4.74 Å². The highest BCUT2D eigenvalue weighted by molar-refractivity contribution is 5.68. The van der Waals surface area contributed by atoms with Crippen LogP contribution < -0.4 is 5.32 Å². The molecule has 5 nitrogen and oxygen atoms in total. The fourth-order valence-electron chi connectivity index (χ4n) is 1.80. The van der Waals surface area contributed by atoms with Gasteiger partial charge in [-0.1, -0.05) is 0 Å². The van der Waals surface area contributed by atoms with Gasteiger partial charge in [0.1, 0.15) is 5.60 Å². The zero-order valence-electron chi connectivity index (χ0n) is 13.0. The van der Waals surface area contributed by atoms with Crippen LogP contribution in [0.4, 0.5) is 4.79 Å². The maximum absolute atomic E-state index is 11.9. The Morgan fingerprint density at radius 3 is 2.75 bits per heavy atom. The molecular formula is C15H27N3O2. The zero-order chi connectivity index (χ0) is 15.0. The second kappa shape index (κ2) is 7.94. The average molecular weight is 281 g/mol. The van der Waals surface area contributed by atoms with Gasteiger partial charge in [0, 0.05) is 32.0 Å². The molecule has 0 aliphatic rings. The summed E-state index contributed by atoms with van der Waals surface area (Å²) in [5, 5.41) is 3.36. The molecular weight excluding hydrogens is 254 g/mol. The fourth-order valence-corrected chi connectivity index (χ4v) is 1.80.